The third kappa shape index (κ3) is 4.39. The Morgan fingerprint density at radius 1 is 1.23 bits per heavy atom. The van der Waals surface area contributed by atoms with Gasteiger partial charge in [0.2, 0.25) is 17.7 Å². The van der Waals surface area contributed by atoms with Crippen LogP contribution < -0.4 is 10.2 Å². The van der Waals surface area contributed by atoms with E-state index in [1.165, 1.54) is 31.2 Å². The van der Waals surface area contributed by atoms with Gasteiger partial charge in [0.1, 0.15) is 6.04 Å². The van der Waals surface area contributed by atoms with E-state index in [2.05, 4.69) is 5.32 Å². The standard InChI is InChI=1S/C16H16N2O7S/c1-8(19)17-11(16(24)25)7-26-12-6-13(20)18(14(12)21)10-4-2-9(3-5-10)15(22)23/h2-5,11-12H,6-7H2,1H3,(H,17,19)(H,22,23)(H,24,25)/t11-,12-/m0/s1. The highest BCUT2D eigenvalue weighted by Crippen LogP contribution is 2.30. The Hall–Kier alpha value is -2.88. The molecule has 0 saturated carbocycles. The Kier molecular flexibility index (Phi) is 5.98. The van der Waals surface area contributed by atoms with Crippen LogP contribution in [0.5, 0.6) is 0 Å². The number of aliphatic carboxylic acids is 1. The molecule has 2 rings (SSSR count). The molecule has 1 aromatic carbocycles. The number of carboxylic acid groups (broad SMARTS) is 2. The molecule has 1 saturated heterocycles. The van der Waals surface area contributed by atoms with Crippen molar-refractivity contribution in [2.24, 2.45) is 0 Å². The first-order valence-electron chi connectivity index (χ1n) is 7.52. The number of nitrogens with zero attached hydrogens (tertiary/aromatic N) is 1. The highest BCUT2D eigenvalue weighted by Gasteiger charge is 2.40. The Morgan fingerprint density at radius 3 is 2.35 bits per heavy atom. The number of carbonyl (C=O) groups is 5. The van der Waals surface area contributed by atoms with E-state index in [9.17, 15) is 24.0 Å². The van der Waals surface area contributed by atoms with Crippen LogP contribution in [0.4, 0.5) is 5.69 Å². The summed E-state index contributed by atoms with van der Waals surface area (Å²) in [6, 6.07) is 4.14. The highest BCUT2D eigenvalue weighted by atomic mass is 32.2. The molecule has 1 aliphatic rings. The number of hydrogen-bond acceptors (Lipinski definition) is 6. The lowest BCUT2D eigenvalue weighted by atomic mass is 10.2. The average molecular weight is 380 g/mol. The minimum absolute atomic E-state index is 0.0263. The third-order valence-electron chi connectivity index (χ3n) is 3.62. The van der Waals surface area contributed by atoms with Crippen molar-refractivity contribution in [3.63, 3.8) is 0 Å². The van der Waals surface area contributed by atoms with Crippen molar-refractivity contribution < 1.29 is 34.2 Å². The number of hydrogen-bond donors (Lipinski definition) is 3. The molecular formula is C16H16N2O7S. The SMILES string of the molecule is CC(=O)N[C@@H](CS[C@H]1CC(=O)N(c2ccc(C(=O)O)cc2)C1=O)C(=O)O. The van der Waals surface area contributed by atoms with Crippen LogP contribution in [-0.4, -0.2) is 56.9 Å². The number of rotatable bonds is 7. The van der Waals surface area contributed by atoms with Gasteiger partial charge in [0.15, 0.2) is 0 Å². The van der Waals surface area contributed by atoms with E-state index in [4.69, 9.17) is 10.2 Å². The summed E-state index contributed by atoms with van der Waals surface area (Å²) in [6.07, 6.45) is -0.101. The quantitative estimate of drug-likeness (QED) is 0.575. The molecule has 26 heavy (non-hydrogen) atoms. The first-order chi connectivity index (χ1) is 12.2. The van der Waals surface area contributed by atoms with Crippen LogP contribution in [0.3, 0.4) is 0 Å². The summed E-state index contributed by atoms with van der Waals surface area (Å²) in [5.74, 6) is -3.89. The molecule has 9 nitrogen and oxygen atoms in total. The molecule has 3 N–H and O–H groups in total. The van der Waals surface area contributed by atoms with E-state index in [1.54, 1.807) is 0 Å². The van der Waals surface area contributed by atoms with Crippen molar-refractivity contribution in [3.05, 3.63) is 29.8 Å². The summed E-state index contributed by atoms with van der Waals surface area (Å²) in [5, 5.41) is 19.5. The lowest BCUT2D eigenvalue weighted by molar-refractivity contribution is -0.140. The number of aromatic carboxylic acids is 1. The largest absolute Gasteiger partial charge is 0.480 e. The van der Waals surface area contributed by atoms with Crippen molar-refractivity contribution in [3.8, 4) is 0 Å². The molecule has 0 bridgehead atoms. The summed E-state index contributed by atoms with van der Waals surface area (Å²) in [6.45, 7) is 1.19. The first-order valence-corrected chi connectivity index (χ1v) is 8.57. The average Bonchev–Trinajstić information content (AvgIpc) is 2.85. The molecular weight excluding hydrogens is 364 g/mol. The van der Waals surface area contributed by atoms with Crippen molar-refractivity contribution in [1.29, 1.82) is 0 Å². The van der Waals surface area contributed by atoms with Crippen LogP contribution in [0.25, 0.3) is 0 Å². The molecule has 138 valence electrons. The molecule has 3 amide bonds. The lowest BCUT2D eigenvalue weighted by Crippen LogP contribution is -2.42. The predicted molar refractivity (Wildman–Crippen MR) is 92.0 cm³/mol. The smallest absolute Gasteiger partial charge is 0.335 e. The number of nitrogens with one attached hydrogen (secondary N) is 1. The Bertz CT molecular complexity index is 762. The molecule has 1 aliphatic heterocycles. The zero-order valence-corrected chi connectivity index (χ0v) is 14.5. The van der Waals surface area contributed by atoms with Crippen molar-refractivity contribution >= 4 is 47.1 Å². The second-order valence-corrected chi connectivity index (χ2v) is 6.77. The fraction of sp³-hybridized carbons (Fsp3) is 0.312. The predicted octanol–water partition coefficient (Wildman–Crippen LogP) is 0.339. The van der Waals surface area contributed by atoms with Gasteiger partial charge in [0, 0.05) is 19.1 Å². The summed E-state index contributed by atoms with van der Waals surface area (Å²) < 4.78 is 0. The van der Waals surface area contributed by atoms with Gasteiger partial charge >= 0.3 is 11.9 Å². The fourth-order valence-corrected chi connectivity index (χ4v) is 3.55. The Balaban J connectivity index is 2.07. The molecule has 0 aliphatic carbocycles. The van der Waals surface area contributed by atoms with Crippen LogP contribution in [0.15, 0.2) is 24.3 Å². The molecule has 1 fully saturated rings. The van der Waals surface area contributed by atoms with Gasteiger partial charge in [-0.3, -0.25) is 14.4 Å². The van der Waals surface area contributed by atoms with E-state index in [-0.39, 0.29) is 23.4 Å². The van der Waals surface area contributed by atoms with Crippen LogP contribution in [0.1, 0.15) is 23.7 Å². The van der Waals surface area contributed by atoms with E-state index < -0.39 is 41.0 Å². The molecule has 10 heteroatoms. The van der Waals surface area contributed by atoms with Gasteiger partial charge in [-0.1, -0.05) is 0 Å². The van der Waals surface area contributed by atoms with Crippen molar-refractivity contribution in [1.82, 2.24) is 5.32 Å². The number of amides is 3. The maximum Gasteiger partial charge on any atom is 0.335 e. The van der Waals surface area contributed by atoms with Crippen LogP contribution in [-0.2, 0) is 19.2 Å². The van der Waals surface area contributed by atoms with E-state index in [0.717, 1.165) is 16.7 Å². The summed E-state index contributed by atoms with van der Waals surface area (Å²) in [5.41, 5.74) is 0.281. The van der Waals surface area contributed by atoms with E-state index in [0.29, 0.717) is 0 Å². The molecule has 1 heterocycles. The Labute approximate surface area is 152 Å². The van der Waals surface area contributed by atoms with Gasteiger partial charge in [-0.05, 0) is 24.3 Å². The van der Waals surface area contributed by atoms with Gasteiger partial charge in [-0.25, -0.2) is 14.5 Å². The van der Waals surface area contributed by atoms with E-state index >= 15 is 0 Å². The summed E-state index contributed by atoms with van der Waals surface area (Å²) >= 11 is 0.979. The summed E-state index contributed by atoms with van der Waals surface area (Å²) in [4.78, 5) is 58.6. The van der Waals surface area contributed by atoms with Gasteiger partial charge in [0.05, 0.1) is 16.5 Å². The second kappa shape index (κ2) is 8.00. The van der Waals surface area contributed by atoms with Crippen molar-refractivity contribution in [2.45, 2.75) is 24.6 Å². The molecule has 0 aromatic heterocycles. The van der Waals surface area contributed by atoms with Crippen LogP contribution in [0.2, 0.25) is 0 Å². The van der Waals surface area contributed by atoms with Gasteiger partial charge in [-0.2, -0.15) is 0 Å². The van der Waals surface area contributed by atoms with Crippen LogP contribution >= 0.6 is 11.8 Å². The lowest BCUT2D eigenvalue weighted by Gasteiger charge is -2.16. The first kappa shape index (κ1) is 19.4. The Morgan fingerprint density at radius 2 is 1.85 bits per heavy atom. The van der Waals surface area contributed by atoms with Gasteiger partial charge in [0.25, 0.3) is 0 Å². The maximum atomic E-state index is 12.5. The topological polar surface area (TPSA) is 141 Å². The van der Waals surface area contributed by atoms with Gasteiger partial charge in [-0.15, -0.1) is 11.8 Å². The maximum absolute atomic E-state index is 12.5. The van der Waals surface area contributed by atoms with Crippen LogP contribution in [0, 0.1) is 0 Å². The summed E-state index contributed by atoms with van der Waals surface area (Å²) in [7, 11) is 0. The normalized spacial score (nSPS) is 17.9. The molecule has 0 unspecified atom stereocenters. The number of thioether (sulfide) groups is 1. The number of carbonyl (C=O) groups excluding carboxylic acids is 3. The second-order valence-electron chi connectivity index (χ2n) is 5.54. The molecule has 2 atom stereocenters. The number of anilines is 1. The zero-order chi connectivity index (χ0) is 19.4. The minimum Gasteiger partial charge on any atom is -0.480 e. The number of imide groups is 1. The monoisotopic (exact) mass is 380 g/mol. The zero-order valence-electron chi connectivity index (χ0n) is 13.7. The number of carboxylic acids is 2. The minimum atomic E-state index is -1.23. The third-order valence-corrected chi connectivity index (χ3v) is 4.91. The highest BCUT2D eigenvalue weighted by molar-refractivity contribution is 8.00. The van der Waals surface area contributed by atoms with E-state index in [1.807, 2.05) is 0 Å². The molecule has 1 aromatic rings. The molecule has 0 radical (unpaired) electrons. The van der Waals surface area contributed by atoms with Gasteiger partial charge < -0.3 is 15.5 Å². The van der Waals surface area contributed by atoms with Crippen molar-refractivity contribution in [2.75, 3.05) is 10.7 Å². The molecule has 0 spiro atoms. The number of benzene rings is 1. The fourth-order valence-electron chi connectivity index (χ4n) is 2.39.